The molecule has 42 heavy (non-hydrogen) atoms. The number of sulfonamides is 1. The third kappa shape index (κ3) is 6.01. The van der Waals surface area contributed by atoms with Gasteiger partial charge in [-0.1, -0.05) is 42.5 Å². The molecule has 1 N–H and O–H groups in total. The molecule has 1 amide bonds. The molecular formula is C33H33N3O5S. The minimum absolute atomic E-state index is 0.0176. The van der Waals surface area contributed by atoms with Gasteiger partial charge in [-0.15, -0.1) is 0 Å². The number of nitrogens with zero attached hydrogens (tertiary/aromatic N) is 2. The zero-order valence-corrected chi connectivity index (χ0v) is 24.5. The molecule has 1 unspecified atom stereocenters. The second kappa shape index (κ2) is 12.1. The smallest absolute Gasteiger partial charge is 0.338 e. The van der Waals surface area contributed by atoms with Crippen LogP contribution >= 0.6 is 0 Å². The Hall–Kier alpha value is -4.63. The van der Waals surface area contributed by atoms with Crippen LogP contribution in [0.1, 0.15) is 36.7 Å². The van der Waals surface area contributed by atoms with E-state index in [0.717, 1.165) is 16.9 Å². The van der Waals surface area contributed by atoms with E-state index in [2.05, 4.69) is 24.1 Å². The Bertz CT molecular complexity index is 1690. The van der Waals surface area contributed by atoms with Crippen molar-refractivity contribution in [3.8, 4) is 0 Å². The minimum Gasteiger partial charge on any atom is -0.452 e. The molecule has 1 heterocycles. The van der Waals surface area contributed by atoms with Gasteiger partial charge in [0.05, 0.1) is 16.1 Å². The second-order valence-electron chi connectivity index (χ2n) is 10.5. The van der Waals surface area contributed by atoms with Gasteiger partial charge in [-0.2, -0.15) is 0 Å². The molecule has 0 fully saturated rings. The molecule has 0 bridgehead atoms. The molecule has 0 radical (unpaired) electrons. The maximum atomic E-state index is 13.5. The zero-order chi connectivity index (χ0) is 29.9. The normalized spacial score (nSPS) is 14.4. The van der Waals surface area contributed by atoms with Gasteiger partial charge >= 0.3 is 5.97 Å². The van der Waals surface area contributed by atoms with Gasteiger partial charge in [-0.05, 0) is 93.4 Å². The highest BCUT2D eigenvalue weighted by molar-refractivity contribution is 7.92. The Morgan fingerprint density at radius 2 is 1.57 bits per heavy atom. The van der Waals surface area contributed by atoms with Gasteiger partial charge in [-0.3, -0.25) is 9.10 Å². The van der Waals surface area contributed by atoms with Crippen LogP contribution in [0.25, 0.3) is 0 Å². The number of carbonyl (C=O) groups is 2. The summed E-state index contributed by atoms with van der Waals surface area (Å²) < 4.78 is 33.7. The van der Waals surface area contributed by atoms with Crippen molar-refractivity contribution in [2.24, 2.45) is 0 Å². The molecule has 0 aromatic heterocycles. The van der Waals surface area contributed by atoms with E-state index < -0.39 is 28.5 Å². The number of amides is 1. The molecule has 1 aliphatic rings. The first-order valence-electron chi connectivity index (χ1n) is 13.8. The molecule has 0 saturated heterocycles. The Balaban J connectivity index is 1.21. The first kappa shape index (κ1) is 28.9. The average molecular weight is 584 g/mol. The number of benzene rings is 4. The van der Waals surface area contributed by atoms with E-state index in [9.17, 15) is 18.0 Å². The molecule has 4 aromatic rings. The quantitative estimate of drug-likeness (QED) is 0.237. The summed E-state index contributed by atoms with van der Waals surface area (Å²) in [6, 6.07) is 30.5. The number of fused-ring (bicyclic) bond motifs is 1. The fraction of sp³-hybridized carbons (Fsp3) is 0.212. The van der Waals surface area contributed by atoms with E-state index in [1.165, 1.54) is 28.6 Å². The van der Waals surface area contributed by atoms with Crippen LogP contribution < -0.4 is 14.5 Å². The molecule has 1 atom stereocenters. The van der Waals surface area contributed by atoms with Crippen molar-refractivity contribution in [1.29, 1.82) is 0 Å². The van der Waals surface area contributed by atoms with Gasteiger partial charge in [0, 0.05) is 29.1 Å². The number of ether oxygens (including phenoxy) is 1. The molecule has 5 rings (SSSR count). The number of nitrogens with one attached hydrogen (secondary N) is 1. The number of anilines is 4. The Kier molecular flexibility index (Phi) is 8.31. The van der Waals surface area contributed by atoms with E-state index in [4.69, 9.17) is 4.74 Å². The minimum atomic E-state index is -3.92. The van der Waals surface area contributed by atoms with Crippen LogP contribution in [0.3, 0.4) is 0 Å². The molecule has 8 nitrogen and oxygen atoms in total. The largest absolute Gasteiger partial charge is 0.452 e. The summed E-state index contributed by atoms with van der Waals surface area (Å²) in [5.74, 6) is -1.30. The molecule has 0 spiro atoms. The molecule has 216 valence electrons. The van der Waals surface area contributed by atoms with E-state index in [-0.39, 0.29) is 22.5 Å². The van der Waals surface area contributed by atoms with Crippen molar-refractivity contribution < 1.29 is 22.7 Å². The Morgan fingerprint density at radius 1 is 0.905 bits per heavy atom. The van der Waals surface area contributed by atoms with E-state index in [1.807, 2.05) is 61.5 Å². The van der Waals surface area contributed by atoms with E-state index in [0.29, 0.717) is 17.8 Å². The maximum absolute atomic E-state index is 13.5. The number of carbonyl (C=O) groups excluding carboxylic acids is 2. The SMILES string of the molecule is CC(C)N(c1ccccc1)c1ccc(NC(=O)COC(=O)c2cccc(S(=O)(=O)N3c4ccccc4CC3C)c2)cc1. The summed E-state index contributed by atoms with van der Waals surface area (Å²) >= 11 is 0. The van der Waals surface area contributed by atoms with E-state index >= 15 is 0 Å². The second-order valence-corrected chi connectivity index (χ2v) is 12.3. The predicted octanol–water partition coefficient (Wildman–Crippen LogP) is 6.17. The standard InChI is InChI=1S/C33H33N3O5S/c1-23(2)35(28-12-5-4-6-13-28)29-18-16-27(17-19-29)34-32(37)22-41-33(38)26-11-9-14-30(21-26)42(39,40)36-24(3)20-25-10-7-8-15-31(25)36/h4-19,21,23-24H,20,22H2,1-3H3,(H,34,37). The van der Waals surface area contributed by atoms with Crippen LogP contribution in [0.2, 0.25) is 0 Å². The fourth-order valence-corrected chi connectivity index (χ4v) is 6.99. The number of hydrogen-bond donors (Lipinski definition) is 1. The molecule has 1 aliphatic heterocycles. The topological polar surface area (TPSA) is 96.0 Å². The van der Waals surface area contributed by atoms with Crippen molar-refractivity contribution in [1.82, 2.24) is 0 Å². The maximum Gasteiger partial charge on any atom is 0.338 e. The third-order valence-electron chi connectivity index (χ3n) is 7.09. The van der Waals surface area contributed by atoms with Crippen LogP contribution in [0.5, 0.6) is 0 Å². The highest BCUT2D eigenvalue weighted by Gasteiger charge is 2.36. The molecule has 4 aromatic carbocycles. The van der Waals surface area contributed by atoms with Crippen LogP contribution in [0, 0.1) is 0 Å². The highest BCUT2D eigenvalue weighted by Crippen LogP contribution is 2.36. The van der Waals surface area contributed by atoms with Crippen LogP contribution in [0.4, 0.5) is 22.7 Å². The van der Waals surface area contributed by atoms with Gasteiger partial charge < -0.3 is 15.0 Å². The van der Waals surface area contributed by atoms with Gasteiger partial charge in [-0.25, -0.2) is 13.2 Å². The van der Waals surface area contributed by atoms with Gasteiger partial charge in [0.15, 0.2) is 6.61 Å². The first-order chi connectivity index (χ1) is 20.1. The zero-order valence-electron chi connectivity index (χ0n) is 23.7. The molecular weight excluding hydrogens is 550 g/mol. The number of rotatable bonds is 9. The summed E-state index contributed by atoms with van der Waals surface area (Å²) in [5, 5.41) is 2.73. The summed E-state index contributed by atoms with van der Waals surface area (Å²) in [5.41, 5.74) is 4.24. The molecule has 0 saturated carbocycles. The van der Waals surface area contributed by atoms with Crippen molar-refractivity contribution in [3.63, 3.8) is 0 Å². The summed E-state index contributed by atoms with van der Waals surface area (Å²) in [4.78, 5) is 27.5. The van der Waals surface area contributed by atoms with Crippen molar-refractivity contribution >= 4 is 44.6 Å². The summed E-state index contributed by atoms with van der Waals surface area (Å²) in [6.45, 7) is 5.55. The Labute approximate surface area is 246 Å². The van der Waals surface area contributed by atoms with Crippen LogP contribution in [0.15, 0.2) is 108 Å². The Morgan fingerprint density at radius 3 is 2.29 bits per heavy atom. The monoisotopic (exact) mass is 583 g/mol. The lowest BCUT2D eigenvalue weighted by molar-refractivity contribution is -0.119. The van der Waals surface area contributed by atoms with Crippen LogP contribution in [-0.4, -0.2) is 39.0 Å². The van der Waals surface area contributed by atoms with Crippen molar-refractivity contribution in [3.05, 3.63) is 114 Å². The van der Waals surface area contributed by atoms with E-state index in [1.54, 1.807) is 24.3 Å². The van der Waals surface area contributed by atoms with Crippen molar-refractivity contribution in [2.45, 2.75) is 44.2 Å². The average Bonchev–Trinajstić information content (AvgIpc) is 3.34. The molecule has 0 aliphatic carbocycles. The highest BCUT2D eigenvalue weighted by atomic mass is 32.2. The summed E-state index contributed by atoms with van der Waals surface area (Å²) in [7, 11) is -3.92. The number of hydrogen-bond acceptors (Lipinski definition) is 6. The van der Waals surface area contributed by atoms with Crippen molar-refractivity contribution in [2.75, 3.05) is 21.1 Å². The lowest BCUT2D eigenvalue weighted by Gasteiger charge is -2.29. The summed E-state index contributed by atoms with van der Waals surface area (Å²) in [6.07, 6.45) is 0.609. The lowest BCUT2D eigenvalue weighted by atomic mass is 10.1. The van der Waals surface area contributed by atoms with Crippen LogP contribution in [-0.2, 0) is 26.0 Å². The van der Waals surface area contributed by atoms with Gasteiger partial charge in [0.25, 0.3) is 15.9 Å². The first-order valence-corrected chi connectivity index (χ1v) is 15.2. The van der Waals surface area contributed by atoms with Gasteiger partial charge in [0.1, 0.15) is 0 Å². The predicted molar refractivity (Wildman–Crippen MR) is 165 cm³/mol. The fourth-order valence-electron chi connectivity index (χ4n) is 5.25. The number of para-hydroxylation sites is 2. The number of esters is 1. The van der Waals surface area contributed by atoms with Gasteiger partial charge in [0.2, 0.25) is 0 Å². The molecule has 9 heteroatoms. The lowest BCUT2D eigenvalue weighted by Crippen LogP contribution is -2.35. The third-order valence-corrected chi connectivity index (χ3v) is 9.01.